The molecule has 0 N–H and O–H groups in total. The van der Waals surface area contributed by atoms with Crippen molar-refractivity contribution in [2.75, 3.05) is 0 Å². The Morgan fingerprint density at radius 3 is 1.97 bits per heavy atom. The second-order valence-electron chi connectivity index (χ2n) is 9.39. The largest absolute Gasteiger partial charge is 0.315 e. The van der Waals surface area contributed by atoms with Gasteiger partial charge in [0.25, 0.3) is 0 Å². The van der Waals surface area contributed by atoms with Crippen LogP contribution in [0.2, 0.25) is 0 Å². The van der Waals surface area contributed by atoms with Gasteiger partial charge in [-0.1, -0.05) is 91.0 Å². The summed E-state index contributed by atoms with van der Waals surface area (Å²) in [6.07, 6.45) is 2.33. The SMILES string of the molecule is c1ccc(-c2cn3c4ccc5c6cccc7c8ccccc8n(c76)c5c4c4cccc2c43)cc1. The molecule has 9 rings (SSSR count). The Morgan fingerprint density at radius 2 is 1.09 bits per heavy atom. The maximum atomic E-state index is 2.51. The van der Waals surface area contributed by atoms with Gasteiger partial charge in [0.05, 0.1) is 27.6 Å². The van der Waals surface area contributed by atoms with Gasteiger partial charge in [-0.05, 0) is 17.7 Å². The fourth-order valence-electron chi connectivity index (χ4n) is 6.49. The minimum atomic E-state index is 1.26. The predicted molar refractivity (Wildman–Crippen MR) is 144 cm³/mol. The maximum Gasteiger partial charge on any atom is 0.0641 e. The average molecular weight is 431 g/mol. The zero-order chi connectivity index (χ0) is 22.0. The molecule has 0 radical (unpaired) electrons. The van der Waals surface area contributed by atoms with Crippen LogP contribution >= 0.6 is 0 Å². The van der Waals surface area contributed by atoms with Crippen molar-refractivity contribution in [3.8, 4) is 11.1 Å². The van der Waals surface area contributed by atoms with E-state index in [0.29, 0.717) is 0 Å². The van der Waals surface area contributed by atoms with E-state index in [1.165, 1.54) is 76.4 Å². The third-order valence-electron chi connectivity index (χ3n) is 7.80. The van der Waals surface area contributed by atoms with E-state index in [1.807, 2.05) is 0 Å². The minimum Gasteiger partial charge on any atom is -0.315 e. The van der Waals surface area contributed by atoms with Crippen LogP contribution in [0.3, 0.4) is 0 Å². The lowest BCUT2D eigenvalue weighted by molar-refractivity contribution is 1.30. The topological polar surface area (TPSA) is 8.82 Å². The third kappa shape index (κ3) is 1.79. The Labute approximate surface area is 194 Å². The first-order valence-corrected chi connectivity index (χ1v) is 11.8. The minimum absolute atomic E-state index is 1.26. The second kappa shape index (κ2) is 5.67. The van der Waals surface area contributed by atoms with Gasteiger partial charge >= 0.3 is 0 Å². The molecule has 4 heterocycles. The lowest BCUT2D eigenvalue weighted by Gasteiger charge is -2.03. The van der Waals surface area contributed by atoms with Gasteiger partial charge in [-0.15, -0.1) is 0 Å². The van der Waals surface area contributed by atoms with Crippen LogP contribution in [-0.2, 0) is 0 Å². The van der Waals surface area contributed by atoms with E-state index in [2.05, 4.69) is 118 Å². The summed E-state index contributed by atoms with van der Waals surface area (Å²) in [5, 5.41) is 9.30. The molecule has 34 heavy (non-hydrogen) atoms. The van der Waals surface area contributed by atoms with Gasteiger partial charge in [-0.25, -0.2) is 0 Å². The number of hydrogen-bond acceptors (Lipinski definition) is 0. The maximum absolute atomic E-state index is 2.51. The van der Waals surface area contributed by atoms with E-state index < -0.39 is 0 Å². The van der Waals surface area contributed by atoms with Crippen LogP contribution in [0, 0.1) is 0 Å². The summed E-state index contributed by atoms with van der Waals surface area (Å²) in [7, 11) is 0. The van der Waals surface area contributed by atoms with Crippen LogP contribution in [0.5, 0.6) is 0 Å². The average Bonchev–Trinajstić information content (AvgIpc) is 3.62. The van der Waals surface area contributed by atoms with Crippen molar-refractivity contribution < 1.29 is 0 Å². The third-order valence-corrected chi connectivity index (χ3v) is 7.80. The van der Waals surface area contributed by atoms with E-state index in [0.717, 1.165) is 0 Å². The number of para-hydroxylation sites is 3. The molecule has 4 aromatic heterocycles. The van der Waals surface area contributed by atoms with Gasteiger partial charge < -0.3 is 8.80 Å². The fourth-order valence-corrected chi connectivity index (χ4v) is 6.49. The molecular formula is C32H18N2. The molecule has 156 valence electrons. The number of aromatic nitrogens is 2. The Kier molecular flexibility index (Phi) is 2.83. The smallest absolute Gasteiger partial charge is 0.0641 e. The lowest BCUT2D eigenvalue weighted by atomic mass is 10.0. The van der Waals surface area contributed by atoms with Crippen LogP contribution in [0.1, 0.15) is 0 Å². The highest BCUT2D eigenvalue weighted by Crippen LogP contribution is 2.45. The van der Waals surface area contributed by atoms with Crippen LogP contribution in [-0.4, -0.2) is 8.80 Å². The van der Waals surface area contributed by atoms with Crippen molar-refractivity contribution in [3.05, 3.63) is 109 Å². The molecule has 0 aliphatic rings. The summed E-state index contributed by atoms with van der Waals surface area (Å²) in [5.41, 5.74) is 9.08. The van der Waals surface area contributed by atoms with Crippen molar-refractivity contribution in [1.82, 2.24) is 8.80 Å². The Bertz CT molecular complexity index is 2210. The van der Waals surface area contributed by atoms with Gasteiger partial charge in [0.15, 0.2) is 0 Å². The molecule has 9 aromatic rings. The second-order valence-corrected chi connectivity index (χ2v) is 9.39. The fraction of sp³-hybridized carbons (Fsp3) is 0. The molecule has 5 aromatic carbocycles. The summed E-state index contributed by atoms with van der Waals surface area (Å²) in [5.74, 6) is 0. The standard InChI is InChI=1S/C32H18N2/c1-2-8-19(9-3-1)26-18-33-28-17-16-24-22-12-6-11-21-20-10-4-5-15-27(20)34(31(21)22)32(24)29(28)25-14-7-13-23(26)30(25)33/h1-18H. The molecule has 2 heteroatoms. The molecule has 0 bridgehead atoms. The Morgan fingerprint density at radius 1 is 0.412 bits per heavy atom. The van der Waals surface area contributed by atoms with E-state index in [1.54, 1.807) is 0 Å². The highest BCUT2D eigenvalue weighted by Gasteiger charge is 2.23. The van der Waals surface area contributed by atoms with E-state index in [-0.39, 0.29) is 0 Å². The van der Waals surface area contributed by atoms with Crippen LogP contribution in [0.25, 0.3) is 76.4 Å². The van der Waals surface area contributed by atoms with Crippen LogP contribution < -0.4 is 0 Å². The number of hydrogen-bond donors (Lipinski definition) is 0. The first-order valence-electron chi connectivity index (χ1n) is 11.8. The number of nitrogens with zero attached hydrogens (tertiary/aromatic N) is 2. The normalized spacial score (nSPS) is 12.7. The van der Waals surface area contributed by atoms with Crippen molar-refractivity contribution in [2.45, 2.75) is 0 Å². The van der Waals surface area contributed by atoms with E-state index in [9.17, 15) is 0 Å². The molecule has 0 atom stereocenters. The van der Waals surface area contributed by atoms with Crippen LogP contribution in [0.4, 0.5) is 0 Å². The Balaban J connectivity index is 1.57. The molecule has 0 aliphatic carbocycles. The summed E-state index contributed by atoms with van der Waals surface area (Å²) < 4.78 is 4.92. The van der Waals surface area contributed by atoms with Crippen molar-refractivity contribution in [2.24, 2.45) is 0 Å². The van der Waals surface area contributed by atoms with E-state index in [4.69, 9.17) is 0 Å². The molecule has 0 amide bonds. The summed E-state index contributed by atoms with van der Waals surface area (Å²) >= 11 is 0. The van der Waals surface area contributed by atoms with Crippen LogP contribution in [0.15, 0.2) is 109 Å². The van der Waals surface area contributed by atoms with Crippen molar-refractivity contribution in [1.29, 1.82) is 0 Å². The van der Waals surface area contributed by atoms with Gasteiger partial charge in [0.2, 0.25) is 0 Å². The molecule has 0 spiro atoms. The van der Waals surface area contributed by atoms with Gasteiger partial charge in [0.1, 0.15) is 0 Å². The molecule has 2 nitrogen and oxygen atoms in total. The predicted octanol–water partition coefficient (Wildman–Crippen LogP) is 8.50. The lowest BCUT2D eigenvalue weighted by Crippen LogP contribution is -1.83. The van der Waals surface area contributed by atoms with Gasteiger partial charge in [-0.2, -0.15) is 0 Å². The molecule has 0 aliphatic heterocycles. The number of benzene rings is 5. The van der Waals surface area contributed by atoms with Crippen molar-refractivity contribution >= 4 is 65.3 Å². The van der Waals surface area contributed by atoms with Gasteiger partial charge in [0, 0.05) is 49.5 Å². The first kappa shape index (κ1) is 17.0. The molecule has 0 saturated carbocycles. The quantitative estimate of drug-likeness (QED) is 0.247. The summed E-state index contributed by atoms with van der Waals surface area (Å²) in [6, 6.07) is 37.7. The Hall–Kier alpha value is -4.56. The van der Waals surface area contributed by atoms with Gasteiger partial charge in [-0.3, -0.25) is 0 Å². The van der Waals surface area contributed by atoms with Crippen molar-refractivity contribution in [3.63, 3.8) is 0 Å². The summed E-state index contributed by atoms with van der Waals surface area (Å²) in [6.45, 7) is 0. The number of fused-ring (bicyclic) bond motifs is 10. The highest BCUT2D eigenvalue weighted by atomic mass is 14.9. The monoisotopic (exact) mass is 430 g/mol. The zero-order valence-electron chi connectivity index (χ0n) is 18.3. The highest BCUT2D eigenvalue weighted by molar-refractivity contribution is 6.32. The first-order chi connectivity index (χ1) is 16.9. The zero-order valence-corrected chi connectivity index (χ0v) is 18.3. The number of rotatable bonds is 1. The molecule has 0 saturated heterocycles. The molecule has 0 fully saturated rings. The summed E-state index contributed by atoms with van der Waals surface area (Å²) in [4.78, 5) is 0. The van der Waals surface area contributed by atoms with E-state index >= 15 is 0 Å². The molecule has 0 unspecified atom stereocenters. The molecular weight excluding hydrogens is 412 g/mol.